The van der Waals surface area contributed by atoms with Crippen LogP contribution in [0.3, 0.4) is 0 Å². The predicted octanol–water partition coefficient (Wildman–Crippen LogP) is 5.53. The molecule has 2 aliphatic carbocycles. The van der Waals surface area contributed by atoms with Crippen LogP contribution in [0.1, 0.15) is 52.7 Å². The van der Waals surface area contributed by atoms with Crippen molar-refractivity contribution in [2.45, 2.75) is 31.2 Å². The Kier molecular flexibility index (Phi) is 3.85. The Labute approximate surface area is 162 Å². The summed E-state index contributed by atoms with van der Waals surface area (Å²) >= 11 is 3.55. The maximum atomic E-state index is 12.0. The van der Waals surface area contributed by atoms with Gasteiger partial charge in [-0.2, -0.15) is 0 Å². The molecule has 1 heterocycles. The van der Waals surface area contributed by atoms with Crippen LogP contribution in [-0.4, -0.2) is 13.1 Å². The van der Waals surface area contributed by atoms with Crippen LogP contribution in [0, 0.1) is 17.8 Å². The molecule has 2 aromatic carbocycles. The number of nitrogens with one attached hydrogen (secondary N) is 1. The van der Waals surface area contributed by atoms with Crippen molar-refractivity contribution < 1.29 is 9.53 Å². The summed E-state index contributed by atoms with van der Waals surface area (Å²) in [4.78, 5) is 12.0. The third-order valence-electron chi connectivity index (χ3n) is 6.74. The molecular formula is C22H22BrNO2. The summed E-state index contributed by atoms with van der Waals surface area (Å²) in [5.41, 5.74) is 4.52. The van der Waals surface area contributed by atoms with Gasteiger partial charge in [0.2, 0.25) is 0 Å². The van der Waals surface area contributed by atoms with Crippen LogP contribution < -0.4 is 5.32 Å². The van der Waals surface area contributed by atoms with E-state index in [1.807, 2.05) is 6.07 Å². The van der Waals surface area contributed by atoms with Crippen molar-refractivity contribution in [1.82, 2.24) is 0 Å². The Morgan fingerprint density at radius 2 is 1.88 bits per heavy atom. The second-order valence-corrected chi connectivity index (χ2v) is 8.82. The number of anilines is 1. The van der Waals surface area contributed by atoms with E-state index in [0.717, 1.165) is 16.3 Å². The van der Waals surface area contributed by atoms with E-state index in [-0.39, 0.29) is 5.97 Å². The zero-order valence-electron chi connectivity index (χ0n) is 14.7. The quantitative estimate of drug-likeness (QED) is 0.659. The lowest BCUT2D eigenvalue weighted by Crippen LogP contribution is -2.35. The number of ether oxygens (including phenoxy) is 1. The van der Waals surface area contributed by atoms with E-state index in [1.165, 1.54) is 43.2 Å². The van der Waals surface area contributed by atoms with Gasteiger partial charge in [0.15, 0.2) is 0 Å². The van der Waals surface area contributed by atoms with Gasteiger partial charge in [-0.3, -0.25) is 0 Å². The van der Waals surface area contributed by atoms with Crippen LogP contribution in [0.15, 0.2) is 46.9 Å². The summed E-state index contributed by atoms with van der Waals surface area (Å²) < 4.78 is 6.05. The van der Waals surface area contributed by atoms with Crippen LogP contribution in [0.25, 0.3) is 0 Å². The van der Waals surface area contributed by atoms with E-state index in [1.54, 1.807) is 0 Å². The highest BCUT2D eigenvalue weighted by molar-refractivity contribution is 9.10. The standard InChI is InChI=1S/C22H22BrNO2/c1-26-22(25)15-6-9-18-17(11-15)19-13-2-3-14(10-13)20(19)21(24-18)12-4-7-16(23)8-5-12/h4-9,11,13-14,19-21,24H,2-3,10H2,1H3/t13-,14+,19-,20-,21+/m1/s1. The summed E-state index contributed by atoms with van der Waals surface area (Å²) in [6, 6.07) is 15.1. The minimum Gasteiger partial charge on any atom is -0.465 e. The molecule has 5 rings (SSSR count). The van der Waals surface area contributed by atoms with Crippen molar-refractivity contribution in [3.8, 4) is 0 Å². The minimum atomic E-state index is -0.248. The normalized spacial score (nSPS) is 31.1. The average Bonchev–Trinajstić information content (AvgIpc) is 3.29. The number of hydrogen-bond donors (Lipinski definition) is 1. The summed E-state index contributed by atoms with van der Waals surface area (Å²) in [5, 5.41) is 3.81. The molecule has 3 aliphatic rings. The summed E-state index contributed by atoms with van der Waals surface area (Å²) in [5.74, 6) is 2.43. The number of methoxy groups -OCH3 is 1. The van der Waals surface area contributed by atoms with Gasteiger partial charge >= 0.3 is 5.97 Å². The molecule has 4 heteroatoms. The molecule has 2 saturated carbocycles. The Morgan fingerprint density at radius 3 is 2.65 bits per heavy atom. The van der Waals surface area contributed by atoms with Gasteiger partial charge in [-0.25, -0.2) is 4.79 Å². The van der Waals surface area contributed by atoms with Gasteiger partial charge in [0, 0.05) is 10.2 Å². The smallest absolute Gasteiger partial charge is 0.337 e. The maximum Gasteiger partial charge on any atom is 0.337 e. The number of carbonyl (C=O) groups is 1. The van der Waals surface area contributed by atoms with Crippen molar-refractivity contribution in [3.05, 3.63) is 63.6 Å². The number of benzene rings is 2. The Bertz CT molecular complexity index is 863. The second-order valence-electron chi connectivity index (χ2n) is 7.90. The van der Waals surface area contributed by atoms with Crippen molar-refractivity contribution in [2.24, 2.45) is 17.8 Å². The first kappa shape index (κ1) is 16.4. The van der Waals surface area contributed by atoms with Crippen molar-refractivity contribution in [3.63, 3.8) is 0 Å². The third-order valence-corrected chi connectivity index (χ3v) is 7.27. The summed E-state index contributed by atoms with van der Waals surface area (Å²) in [6.07, 6.45) is 3.99. The summed E-state index contributed by atoms with van der Waals surface area (Å²) in [7, 11) is 1.45. The highest BCUT2D eigenvalue weighted by Crippen LogP contribution is 2.63. The summed E-state index contributed by atoms with van der Waals surface area (Å²) in [6.45, 7) is 0. The minimum absolute atomic E-state index is 0.248. The fourth-order valence-electron chi connectivity index (χ4n) is 5.73. The molecule has 2 fully saturated rings. The maximum absolute atomic E-state index is 12.0. The lowest BCUT2D eigenvalue weighted by molar-refractivity contribution is 0.0600. The van der Waals surface area contributed by atoms with Gasteiger partial charge in [-0.1, -0.05) is 28.1 Å². The van der Waals surface area contributed by atoms with Crippen molar-refractivity contribution in [1.29, 1.82) is 0 Å². The van der Waals surface area contributed by atoms with E-state index in [4.69, 9.17) is 4.74 Å². The van der Waals surface area contributed by atoms with Crippen LogP contribution >= 0.6 is 15.9 Å². The van der Waals surface area contributed by atoms with E-state index >= 15 is 0 Å². The molecule has 1 N–H and O–H groups in total. The number of carbonyl (C=O) groups excluding carboxylic acids is 1. The van der Waals surface area contributed by atoms with Crippen molar-refractivity contribution >= 4 is 27.6 Å². The number of halogens is 1. The van der Waals surface area contributed by atoms with Crippen LogP contribution in [-0.2, 0) is 4.74 Å². The molecule has 0 unspecified atom stereocenters. The SMILES string of the molecule is COC(=O)c1ccc2c(c1)[C@H]1[C@@H]3CC[C@@H](C3)[C@H]1[C@H](c1ccc(Br)cc1)N2. The molecule has 3 nitrogen and oxygen atoms in total. The van der Waals surface area contributed by atoms with Gasteiger partial charge < -0.3 is 10.1 Å². The van der Waals surface area contributed by atoms with E-state index < -0.39 is 0 Å². The molecule has 0 aromatic heterocycles. The molecule has 26 heavy (non-hydrogen) atoms. The molecule has 2 bridgehead atoms. The number of fused-ring (bicyclic) bond motifs is 7. The highest BCUT2D eigenvalue weighted by atomic mass is 79.9. The van der Waals surface area contributed by atoms with Gasteiger partial charge in [-0.15, -0.1) is 0 Å². The fourth-order valence-corrected chi connectivity index (χ4v) is 6.00. The third kappa shape index (κ3) is 2.42. The van der Waals surface area contributed by atoms with Crippen LogP contribution in [0.5, 0.6) is 0 Å². The first-order valence-electron chi connectivity index (χ1n) is 9.40. The molecule has 0 spiro atoms. The Hall–Kier alpha value is -1.81. The van der Waals surface area contributed by atoms with Gasteiger partial charge in [0.05, 0.1) is 18.7 Å². The van der Waals surface area contributed by atoms with E-state index in [9.17, 15) is 4.79 Å². The van der Waals surface area contributed by atoms with E-state index in [2.05, 4.69) is 57.6 Å². The lowest BCUT2D eigenvalue weighted by Gasteiger charge is -2.43. The topological polar surface area (TPSA) is 38.3 Å². The van der Waals surface area contributed by atoms with Gasteiger partial charge in [0.25, 0.3) is 0 Å². The monoisotopic (exact) mass is 411 g/mol. The van der Waals surface area contributed by atoms with Crippen molar-refractivity contribution in [2.75, 3.05) is 12.4 Å². The molecule has 1 aliphatic heterocycles. The Morgan fingerprint density at radius 1 is 1.12 bits per heavy atom. The fraction of sp³-hybridized carbons (Fsp3) is 0.409. The highest BCUT2D eigenvalue weighted by Gasteiger charge is 2.53. The van der Waals surface area contributed by atoms with E-state index in [0.29, 0.717) is 23.4 Å². The number of rotatable bonds is 2. The second kappa shape index (κ2) is 6.12. The first-order chi connectivity index (χ1) is 12.7. The number of esters is 1. The van der Waals surface area contributed by atoms with Crippen LogP contribution in [0.4, 0.5) is 5.69 Å². The zero-order chi connectivity index (χ0) is 17.8. The molecule has 134 valence electrons. The zero-order valence-corrected chi connectivity index (χ0v) is 16.3. The molecule has 0 radical (unpaired) electrons. The Balaban J connectivity index is 1.60. The van der Waals surface area contributed by atoms with Gasteiger partial charge in [-0.05, 0) is 84.4 Å². The number of hydrogen-bond acceptors (Lipinski definition) is 3. The van der Waals surface area contributed by atoms with Gasteiger partial charge in [0.1, 0.15) is 0 Å². The first-order valence-corrected chi connectivity index (χ1v) is 10.2. The lowest BCUT2D eigenvalue weighted by atomic mass is 9.68. The molecule has 0 saturated heterocycles. The predicted molar refractivity (Wildman–Crippen MR) is 105 cm³/mol. The molecular weight excluding hydrogens is 390 g/mol. The van der Waals surface area contributed by atoms with Crippen LogP contribution in [0.2, 0.25) is 0 Å². The largest absolute Gasteiger partial charge is 0.465 e. The molecule has 0 amide bonds. The average molecular weight is 412 g/mol. The molecule has 5 atom stereocenters. The molecule has 2 aromatic rings.